The molecular formula is C9H12F6N2O. The number of carbonyl (C=O) groups is 1. The Bertz CT molecular complexity index is 292. The van der Waals surface area contributed by atoms with Crippen LogP contribution in [0.2, 0.25) is 0 Å². The highest BCUT2D eigenvalue weighted by Gasteiger charge is 2.41. The van der Waals surface area contributed by atoms with Crippen LogP contribution in [0.15, 0.2) is 0 Å². The Balaban J connectivity index is 2.37. The molecule has 0 aromatic rings. The third kappa shape index (κ3) is 4.61. The SMILES string of the molecule is O=C(NCC(F)(F)F)N1CCC(C(F)(F)F)CC1. The molecule has 0 radical (unpaired) electrons. The van der Waals surface area contributed by atoms with Gasteiger partial charge in [-0.3, -0.25) is 0 Å². The quantitative estimate of drug-likeness (QED) is 0.734. The van der Waals surface area contributed by atoms with Gasteiger partial charge in [0.05, 0.1) is 5.92 Å². The van der Waals surface area contributed by atoms with E-state index in [4.69, 9.17) is 0 Å². The maximum absolute atomic E-state index is 12.3. The molecular weight excluding hydrogens is 266 g/mol. The minimum absolute atomic E-state index is 0.187. The van der Waals surface area contributed by atoms with Gasteiger partial charge in [-0.15, -0.1) is 0 Å². The largest absolute Gasteiger partial charge is 0.405 e. The third-order valence-electron chi connectivity index (χ3n) is 2.69. The van der Waals surface area contributed by atoms with Crippen LogP contribution in [0.1, 0.15) is 12.8 Å². The van der Waals surface area contributed by atoms with E-state index < -0.39 is 30.8 Å². The van der Waals surface area contributed by atoms with E-state index in [2.05, 4.69) is 0 Å². The molecule has 9 heteroatoms. The molecule has 2 amide bonds. The molecule has 0 unspecified atom stereocenters. The molecule has 1 fully saturated rings. The van der Waals surface area contributed by atoms with E-state index in [1.807, 2.05) is 0 Å². The van der Waals surface area contributed by atoms with E-state index in [1.54, 1.807) is 5.32 Å². The molecule has 18 heavy (non-hydrogen) atoms. The number of urea groups is 1. The zero-order valence-electron chi connectivity index (χ0n) is 9.24. The van der Waals surface area contributed by atoms with Gasteiger partial charge in [-0.05, 0) is 12.8 Å². The van der Waals surface area contributed by atoms with Crippen molar-refractivity contribution < 1.29 is 31.1 Å². The fourth-order valence-corrected chi connectivity index (χ4v) is 1.70. The van der Waals surface area contributed by atoms with Crippen molar-refractivity contribution in [1.29, 1.82) is 0 Å². The van der Waals surface area contributed by atoms with Crippen molar-refractivity contribution in [3.8, 4) is 0 Å². The lowest BCUT2D eigenvalue weighted by molar-refractivity contribution is -0.183. The highest BCUT2D eigenvalue weighted by molar-refractivity contribution is 5.74. The van der Waals surface area contributed by atoms with Gasteiger partial charge in [0.2, 0.25) is 0 Å². The average Bonchev–Trinajstić information content (AvgIpc) is 2.24. The summed E-state index contributed by atoms with van der Waals surface area (Å²) in [5.74, 6) is -1.48. The molecule has 1 N–H and O–H groups in total. The zero-order chi connectivity index (χ0) is 14.0. The number of rotatable bonds is 1. The Kier molecular flexibility index (Phi) is 4.33. The van der Waals surface area contributed by atoms with Crippen LogP contribution in [-0.4, -0.2) is 42.9 Å². The number of amides is 2. The molecule has 0 atom stereocenters. The Morgan fingerprint density at radius 2 is 1.61 bits per heavy atom. The van der Waals surface area contributed by atoms with E-state index in [0.29, 0.717) is 0 Å². The predicted octanol–water partition coefficient (Wildman–Crippen LogP) is 2.53. The predicted molar refractivity (Wildman–Crippen MR) is 49.8 cm³/mol. The van der Waals surface area contributed by atoms with Crippen molar-refractivity contribution in [1.82, 2.24) is 10.2 Å². The van der Waals surface area contributed by atoms with Crippen LogP contribution < -0.4 is 5.32 Å². The fraction of sp³-hybridized carbons (Fsp3) is 0.889. The first-order valence-corrected chi connectivity index (χ1v) is 5.26. The summed E-state index contributed by atoms with van der Waals surface area (Å²) < 4.78 is 72.4. The minimum atomic E-state index is -4.53. The first-order chi connectivity index (χ1) is 8.09. The van der Waals surface area contributed by atoms with Crippen LogP contribution in [0.25, 0.3) is 0 Å². The second-order valence-electron chi connectivity index (χ2n) is 4.08. The summed E-state index contributed by atoms with van der Waals surface area (Å²) >= 11 is 0. The number of nitrogens with one attached hydrogen (secondary N) is 1. The van der Waals surface area contributed by atoms with Crippen molar-refractivity contribution in [3.05, 3.63) is 0 Å². The summed E-state index contributed by atoms with van der Waals surface area (Å²) in [4.78, 5) is 12.2. The van der Waals surface area contributed by atoms with Crippen LogP contribution in [0.3, 0.4) is 0 Å². The van der Waals surface area contributed by atoms with Crippen LogP contribution >= 0.6 is 0 Å². The standard InChI is InChI=1S/C9H12F6N2O/c10-8(11,12)5-16-7(18)17-3-1-6(2-4-17)9(13,14)15/h6H,1-5H2,(H,16,18). The number of nitrogens with zero attached hydrogens (tertiary/aromatic N) is 1. The van der Waals surface area contributed by atoms with Crippen molar-refractivity contribution in [2.75, 3.05) is 19.6 Å². The van der Waals surface area contributed by atoms with Gasteiger partial charge in [0.1, 0.15) is 6.54 Å². The van der Waals surface area contributed by atoms with Crippen molar-refractivity contribution >= 4 is 6.03 Å². The van der Waals surface area contributed by atoms with Gasteiger partial charge in [0.25, 0.3) is 0 Å². The number of likely N-dealkylation sites (tertiary alicyclic amines) is 1. The van der Waals surface area contributed by atoms with E-state index >= 15 is 0 Å². The Hall–Kier alpha value is -1.15. The van der Waals surface area contributed by atoms with Crippen molar-refractivity contribution in [2.24, 2.45) is 5.92 Å². The molecule has 0 aromatic heterocycles. The van der Waals surface area contributed by atoms with Gasteiger partial charge >= 0.3 is 18.4 Å². The van der Waals surface area contributed by atoms with E-state index in [-0.39, 0.29) is 25.9 Å². The highest BCUT2D eigenvalue weighted by atomic mass is 19.4. The Morgan fingerprint density at radius 3 is 2.00 bits per heavy atom. The molecule has 3 nitrogen and oxygen atoms in total. The molecule has 1 aliphatic heterocycles. The normalized spacial score (nSPS) is 18.9. The molecule has 0 saturated carbocycles. The smallest absolute Gasteiger partial charge is 0.329 e. The number of halogens is 6. The molecule has 0 bridgehead atoms. The first-order valence-electron chi connectivity index (χ1n) is 5.26. The Morgan fingerprint density at radius 1 is 1.11 bits per heavy atom. The van der Waals surface area contributed by atoms with Crippen molar-refractivity contribution in [3.63, 3.8) is 0 Å². The second-order valence-corrected chi connectivity index (χ2v) is 4.08. The lowest BCUT2D eigenvalue weighted by Gasteiger charge is -2.32. The molecule has 0 aromatic carbocycles. The van der Waals surface area contributed by atoms with Crippen LogP contribution in [0.4, 0.5) is 31.1 Å². The number of alkyl halides is 6. The van der Waals surface area contributed by atoms with Crippen LogP contribution in [0, 0.1) is 5.92 Å². The maximum atomic E-state index is 12.3. The van der Waals surface area contributed by atoms with Gasteiger partial charge in [-0.25, -0.2) is 4.79 Å². The molecule has 0 aliphatic carbocycles. The van der Waals surface area contributed by atoms with Gasteiger partial charge in [-0.2, -0.15) is 26.3 Å². The number of carbonyl (C=O) groups excluding carboxylic acids is 1. The van der Waals surface area contributed by atoms with Gasteiger partial charge in [0, 0.05) is 13.1 Å². The molecule has 1 heterocycles. The lowest BCUT2D eigenvalue weighted by atomic mass is 9.96. The Labute approximate surface area is 99.1 Å². The highest BCUT2D eigenvalue weighted by Crippen LogP contribution is 2.34. The number of hydrogen-bond acceptors (Lipinski definition) is 1. The first kappa shape index (κ1) is 14.9. The van der Waals surface area contributed by atoms with E-state index in [9.17, 15) is 31.1 Å². The van der Waals surface area contributed by atoms with Gasteiger partial charge < -0.3 is 10.2 Å². The second kappa shape index (κ2) is 5.23. The molecule has 0 spiro atoms. The van der Waals surface area contributed by atoms with Crippen LogP contribution in [0.5, 0.6) is 0 Å². The maximum Gasteiger partial charge on any atom is 0.405 e. The molecule has 1 rings (SSSR count). The van der Waals surface area contributed by atoms with Gasteiger partial charge in [0.15, 0.2) is 0 Å². The van der Waals surface area contributed by atoms with Crippen molar-refractivity contribution in [2.45, 2.75) is 25.2 Å². The molecule has 106 valence electrons. The summed E-state index contributed by atoms with van der Waals surface area (Å²) in [5.41, 5.74) is 0. The third-order valence-corrected chi connectivity index (χ3v) is 2.69. The van der Waals surface area contributed by atoms with E-state index in [0.717, 1.165) is 4.90 Å². The average molecular weight is 278 g/mol. The summed E-state index contributed by atoms with van der Waals surface area (Å²) in [5, 5.41) is 1.63. The van der Waals surface area contributed by atoms with E-state index in [1.165, 1.54) is 0 Å². The minimum Gasteiger partial charge on any atom is -0.329 e. The molecule has 1 saturated heterocycles. The summed E-state index contributed by atoms with van der Waals surface area (Å²) in [6.45, 7) is -1.85. The zero-order valence-corrected chi connectivity index (χ0v) is 9.24. The summed E-state index contributed by atoms with van der Waals surface area (Å²) in [6.07, 6.45) is -9.39. The number of hydrogen-bond donors (Lipinski definition) is 1. The summed E-state index contributed by atoms with van der Waals surface area (Å²) in [7, 11) is 0. The summed E-state index contributed by atoms with van der Waals surface area (Å²) in [6, 6.07) is -0.979. The monoisotopic (exact) mass is 278 g/mol. The fourth-order valence-electron chi connectivity index (χ4n) is 1.70. The van der Waals surface area contributed by atoms with Crippen LogP contribution in [-0.2, 0) is 0 Å². The number of piperidine rings is 1. The topological polar surface area (TPSA) is 32.3 Å². The lowest BCUT2D eigenvalue weighted by Crippen LogP contribution is -2.48. The molecule has 1 aliphatic rings. The van der Waals surface area contributed by atoms with Gasteiger partial charge in [-0.1, -0.05) is 0 Å².